The van der Waals surface area contributed by atoms with E-state index in [1.807, 2.05) is 0 Å². The van der Waals surface area contributed by atoms with Crippen molar-refractivity contribution in [2.45, 2.75) is 0 Å². The first-order chi connectivity index (χ1) is 21.9. The van der Waals surface area contributed by atoms with Gasteiger partial charge in [0, 0.05) is 32.9 Å². The van der Waals surface area contributed by atoms with Crippen molar-refractivity contribution in [2.24, 2.45) is 0 Å². The summed E-state index contributed by atoms with van der Waals surface area (Å²) in [6.07, 6.45) is 0. The largest absolute Gasteiger partial charge is 0.309 e. The summed E-state index contributed by atoms with van der Waals surface area (Å²) >= 11 is 0. The van der Waals surface area contributed by atoms with E-state index in [1.165, 1.54) is 65.9 Å². The number of nitrogens with zero attached hydrogens (tertiary/aromatic N) is 2. The molecule has 2 heterocycles. The Morgan fingerprint density at radius 2 is 0.841 bits per heavy atom. The van der Waals surface area contributed by atoms with E-state index in [2.05, 4.69) is 179 Å². The molecule has 2 aromatic heterocycles. The van der Waals surface area contributed by atoms with Crippen LogP contribution in [0.1, 0.15) is 0 Å². The summed E-state index contributed by atoms with van der Waals surface area (Å²) in [5, 5.41) is 5.05. The molecule has 0 aliphatic heterocycles. The molecule has 2 heteroatoms. The van der Waals surface area contributed by atoms with E-state index in [0.717, 1.165) is 11.4 Å². The fourth-order valence-corrected chi connectivity index (χ4v) is 7.06. The maximum Gasteiger partial charge on any atom is 0.0561 e. The minimum atomic E-state index is 1.15. The number of hydrogen-bond donors (Lipinski definition) is 0. The van der Waals surface area contributed by atoms with Crippen LogP contribution in [0.3, 0.4) is 0 Å². The summed E-state index contributed by atoms with van der Waals surface area (Å²) in [7, 11) is 0. The number of aromatic nitrogens is 2. The maximum absolute atomic E-state index is 2.44. The zero-order chi connectivity index (χ0) is 29.0. The van der Waals surface area contributed by atoms with E-state index >= 15 is 0 Å². The standard InChI is InChI=1S/C42H28N2/c1-3-14-29(15-4-1)32-18-7-8-19-33(32)36-22-13-25-40-42(36)37-21-10-12-24-39(37)44(40)31-26-27-35-34-20-9-11-23-38(34)43(41(35)28-31)30-16-5-2-6-17-30/h1-28H. The molecule has 0 fully saturated rings. The van der Waals surface area contributed by atoms with Crippen LogP contribution in [-0.2, 0) is 0 Å². The van der Waals surface area contributed by atoms with Gasteiger partial charge in [0.25, 0.3) is 0 Å². The Bertz CT molecular complexity index is 2480. The molecule has 0 atom stereocenters. The Labute approximate surface area is 255 Å². The van der Waals surface area contributed by atoms with Crippen LogP contribution in [0.5, 0.6) is 0 Å². The van der Waals surface area contributed by atoms with Crippen LogP contribution in [0.4, 0.5) is 0 Å². The average molecular weight is 561 g/mol. The molecule has 0 saturated carbocycles. The second kappa shape index (κ2) is 9.86. The highest BCUT2D eigenvalue weighted by Crippen LogP contribution is 2.42. The van der Waals surface area contributed by atoms with Crippen molar-refractivity contribution < 1.29 is 0 Å². The van der Waals surface area contributed by atoms with Gasteiger partial charge in [-0.05, 0) is 64.7 Å². The van der Waals surface area contributed by atoms with Crippen molar-refractivity contribution in [2.75, 3.05) is 0 Å². The summed E-state index contributed by atoms with van der Waals surface area (Å²) in [5.41, 5.74) is 12.1. The van der Waals surface area contributed by atoms with Crippen molar-refractivity contribution in [3.8, 4) is 33.6 Å². The van der Waals surface area contributed by atoms with Crippen molar-refractivity contribution in [3.05, 3.63) is 170 Å². The van der Waals surface area contributed by atoms with Crippen LogP contribution < -0.4 is 0 Å². The molecule has 9 rings (SSSR count). The third-order valence-corrected chi connectivity index (χ3v) is 8.93. The molecule has 9 aromatic rings. The number of hydrogen-bond acceptors (Lipinski definition) is 0. The Kier molecular flexibility index (Phi) is 5.54. The number of benzene rings is 7. The summed E-state index contributed by atoms with van der Waals surface area (Å²) in [4.78, 5) is 0. The Morgan fingerprint density at radius 3 is 1.64 bits per heavy atom. The van der Waals surface area contributed by atoms with Gasteiger partial charge in [-0.2, -0.15) is 0 Å². The highest BCUT2D eigenvalue weighted by molar-refractivity contribution is 6.17. The Balaban J connectivity index is 1.35. The van der Waals surface area contributed by atoms with Crippen LogP contribution in [0.25, 0.3) is 77.2 Å². The smallest absolute Gasteiger partial charge is 0.0561 e. The zero-order valence-electron chi connectivity index (χ0n) is 24.1. The molecule has 0 amide bonds. The number of fused-ring (bicyclic) bond motifs is 6. The number of rotatable bonds is 4. The molecule has 7 aromatic carbocycles. The Morgan fingerprint density at radius 1 is 0.295 bits per heavy atom. The minimum Gasteiger partial charge on any atom is -0.309 e. The third kappa shape index (κ3) is 3.68. The lowest BCUT2D eigenvalue weighted by atomic mass is 9.92. The second-order valence-corrected chi connectivity index (χ2v) is 11.4. The fraction of sp³-hybridized carbons (Fsp3) is 0. The predicted molar refractivity (Wildman–Crippen MR) is 186 cm³/mol. The summed E-state index contributed by atoms with van der Waals surface area (Å²) in [6, 6.07) is 61.4. The van der Waals surface area contributed by atoms with E-state index in [1.54, 1.807) is 0 Å². The molecule has 0 aliphatic rings. The van der Waals surface area contributed by atoms with E-state index < -0.39 is 0 Å². The lowest BCUT2D eigenvalue weighted by Crippen LogP contribution is -1.97. The average Bonchev–Trinajstić information content (AvgIpc) is 3.62. The van der Waals surface area contributed by atoms with Crippen LogP contribution in [0.2, 0.25) is 0 Å². The molecule has 0 radical (unpaired) electrons. The van der Waals surface area contributed by atoms with Gasteiger partial charge >= 0.3 is 0 Å². The van der Waals surface area contributed by atoms with E-state index in [4.69, 9.17) is 0 Å². The van der Waals surface area contributed by atoms with Gasteiger partial charge in [-0.1, -0.05) is 127 Å². The van der Waals surface area contributed by atoms with E-state index in [-0.39, 0.29) is 0 Å². The first-order valence-electron chi connectivity index (χ1n) is 15.1. The lowest BCUT2D eigenvalue weighted by Gasteiger charge is -2.13. The molecule has 0 bridgehead atoms. The van der Waals surface area contributed by atoms with Gasteiger partial charge in [0.05, 0.1) is 22.1 Å². The van der Waals surface area contributed by atoms with Crippen molar-refractivity contribution in [1.82, 2.24) is 9.13 Å². The van der Waals surface area contributed by atoms with Gasteiger partial charge in [0.1, 0.15) is 0 Å². The normalized spacial score (nSPS) is 11.6. The maximum atomic E-state index is 2.44. The monoisotopic (exact) mass is 560 g/mol. The third-order valence-electron chi connectivity index (χ3n) is 8.93. The summed E-state index contributed by atoms with van der Waals surface area (Å²) in [5.74, 6) is 0. The highest BCUT2D eigenvalue weighted by Gasteiger charge is 2.19. The van der Waals surface area contributed by atoms with Gasteiger partial charge in [-0.15, -0.1) is 0 Å². The lowest BCUT2D eigenvalue weighted by molar-refractivity contribution is 1.15. The highest BCUT2D eigenvalue weighted by atomic mass is 15.0. The molecule has 44 heavy (non-hydrogen) atoms. The van der Waals surface area contributed by atoms with Crippen molar-refractivity contribution >= 4 is 43.6 Å². The van der Waals surface area contributed by atoms with Crippen molar-refractivity contribution in [3.63, 3.8) is 0 Å². The molecule has 0 spiro atoms. The van der Waals surface area contributed by atoms with Crippen LogP contribution >= 0.6 is 0 Å². The molecule has 206 valence electrons. The van der Waals surface area contributed by atoms with Gasteiger partial charge in [-0.25, -0.2) is 0 Å². The first-order valence-corrected chi connectivity index (χ1v) is 15.1. The summed E-state index contributed by atoms with van der Waals surface area (Å²) < 4.78 is 4.83. The molecule has 0 saturated heterocycles. The quantitative estimate of drug-likeness (QED) is 0.203. The number of para-hydroxylation sites is 3. The van der Waals surface area contributed by atoms with Gasteiger partial charge in [-0.3, -0.25) is 0 Å². The van der Waals surface area contributed by atoms with E-state index in [9.17, 15) is 0 Å². The van der Waals surface area contributed by atoms with E-state index in [0.29, 0.717) is 0 Å². The zero-order valence-corrected chi connectivity index (χ0v) is 24.1. The molecular formula is C42H28N2. The molecule has 0 N–H and O–H groups in total. The molecule has 0 aliphatic carbocycles. The van der Waals surface area contributed by atoms with Gasteiger partial charge in [0.15, 0.2) is 0 Å². The fourth-order valence-electron chi connectivity index (χ4n) is 7.06. The topological polar surface area (TPSA) is 9.86 Å². The van der Waals surface area contributed by atoms with Crippen LogP contribution in [-0.4, -0.2) is 9.13 Å². The predicted octanol–water partition coefficient (Wildman–Crippen LogP) is 11.2. The van der Waals surface area contributed by atoms with Crippen LogP contribution in [0.15, 0.2) is 170 Å². The molecule has 0 unspecified atom stereocenters. The minimum absolute atomic E-state index is 1.15. The SMILES string of the molecule is c1ccc(-c2ccccc2-c2cccc3c2c2ccccc2n3-c2ccc3c4ccccc4n(-c4ccccc4)c3c2)cc1. The van der Waals surface area contributed by atoms with Gasteiger partial charge in [0.2, 0.25) is 0 Å². The van der Waals surface area contributed by atoms with Crippen LogP contribution in [0, 0.1) is 0 Å². The molecular weight excluding hydrogens is 532 g/mol. The molecule has 2 nitrogen and oxygen atoms in total. The van der Waals surface area contributed by atoms with Gasteiger partial charge < -0.3 is 9.13 Å². The second-order valence-electron chi connectivity index (χ2n) is 11.4. The van der Waals surface area contributed by atoms with Crippen molar-refractivity contribution in [1.29, 1.82) is 0 Å². The Hall–Kier alpha value is -5.86. The summed E-state index contributed by atoms with van der Waals surface area (Å²) in [6.45, 7) is 0. The first kappa shape index (κ1) is 24.7.